The van der Waals surface area contributed by atoms with E-state index in [-0.39, 0.29) is 11.6 Å². The first kappa shape index (κ1) is 51.2. The molecule has 0 heterocycles. The molecule has 2 saturated carbocycles. The van der Waals surface area contributed by atoms with Crippen molar-refractivity contribution in [3.05, 3.63) is 134 Å². The normalized spacial score (nSPS) is 14.6. The summed E-state index contributed by atoms with van der Waals surface area (Å²) in [5, 5.41) is 0. The number of halogens is 3. The molecule has 0 bridgehead atoms. The number of rotatable bonds is 11. The average molecular weight is 944 g/mol. The van der Waals surface area contributed by atoms with Crippen molar-refractivity contribution in [3.63, 3.8) is 0 Å². The van der Waals surface area contributed by atoms with Gasteiger partial charge in [-0.15, -0.1) is 0 Å². The van der Waals surface area contributed by atoms with Gasteiger partial charge in [-0.2, -0.15) is 0 Å². The summed E-state index contributed by atoms with van der Waals surface area (Å²) in [7, 11) is 6.40. The summed E-state index contributed by atoms with van der Waals surface area (Å²) in [6.45, 7) is 17.8. The predicted octanol–water partition coefficient (Wildman–Crippen LogP) is 14.8. The van der Waals surface area contributed by atoms with Crippen molar-refractivity contribution >= 4 is 64.9 Å². The number of nitrogens with zero attached hydrogens (tertiary/aromatic N) is 5. The monoisotopic (exact) mass is 943 g/mol. The van der Waals surface area contributed by atoms with Crippen molar-refractivity contribution in [3.8, 4) is 0 Å². The van der Waals surface area contributed by atoms with Crippen LogP contribution in [0.2, 0.25) is 0 Å². The van der Waals surface area contributed by atoms with Gasteiger partial charge in [0.1, 0.15) is 11.6 Å². The molecule has 0 amide bonds. The summed E-state index contributed by atoms with van der Waals surface area (Å²) in [4.78, 5) is 15.8. The van der Waals surface area contributed by atoms with Gasteiger partial charge >= 0.3 is 0 Å². The molecule has 8 heteroatoms. The Balaban J connectivity index is 0.000000228. The molecule has 6 rings (SSSR count). The summed E-state index contributed by atoms with van der Waals surface area (Å²) < 4.78 is 27.5. The van der Waals surface area contributed by atoms with Gasteiger partial charge in [-0.3, -0.25) is 0 Å². The first-order valence-corrected chi connectivity index (χ1v) is 23.2. The van der Waals surface area contributed by atoms with E-state index in [9.17, 15) is 8.78 Å². The molecule has 2 aliphatic rings. The average Bonchev–Trinajstić information content (AvgIpc) is 3.28. The van der Waals surface area contributed by atoms with Crippen LogP contribution in [0.25, 0.3) is 18.2 Å². The lowest BCUT2D eigenvalue weighted by Crippen LogP contribution is -2.42. The van der Waals surface area contributed by atoms with Crippen LogP contribution in [0.4, 0.5) is 20.2 Å². The Morgan fingerprint density at radius 3 is 1.46 bits per heavy atom. The Kier molecular flexibility index (Phi) is 23.3. The van der Waals surface area contributed by atoms with Gasteiger partial charge in [-0.05, 0) is 161 Å². The van der Waals surface area contributed by atoms with E-state index in [4.69, 9.17) is 0 Å². The van der Waals surface area contributed by atoms with E-state index < -0.39 is 0 Å². The molecule has 0 saturated heterocycles. The standard InChI is InChI=1S/C20H23FN2.C13H25N.C12H17IN2.C8H7F/c1-5-23(4)14-22-20-13-15(2)18(12-16(20)3)11-10-17-8-6-7-9-19(17)21;1-14(12-8-4-2-5-9-12)13-10-6-3-7-11-13;1-5-15(4)8-14-12-7-9(2)11(13)6-10(12)3;1-2-7-5-3-4-6-8(7)9/h6-14H,5H2,1-4H3;12-13H,2-11H2,1H3;6-8H,5H2,1-4H3;2-6H,1H2/b11-10+,22-14?;;;. The van der Waals surface area contributed by atoms with Gasteiger partial charge in [0.15, 0.2) is 0 Å². The minimum atomic E-state index is -0.215. The van der Waals surface area contributed by atoms with E-state index >= 15 is 0 Å². The Morgan fingerprint density at radius 1 is 0.590 bits per heavy atom. The number of aryl methyl sites for hydroxylation is 4. The summed E-state index contributed by atoms with van der Waals surface area (Å²) >= 11 is 2.35. The fourth-order valence-electron chi connectivity index (χ4n) is 7.24. The van der Waals surface area contributed by atoms with E-state index in [0.29, 0.717) is 11.1 Å². The minimum Gasteiger partial charge on any atom is -0.366 e. The fraction of sp³-hybridized carbons (Fsp3) is 0.434. The highest BCUT2D eigenvalue weighted by atomic mass is 127. The number of aliphatic imine (C=N–C) groups is 2. The van der Waals surface area contributed by atoms with Crippen LogP contribution in [0.5, 0.6) is 0 Å². The zero-order valence-electron chi connectivity index (χ0n) is 38.5. The molecule has 2 fully saturated rings. The van der Waals surface area contributed by atoms with Crippen LogP contribution in [-0.4, -0.2) is 73.7 Å². The lowest BCUT2D eigenvalue weighted by Gasteiger charge is -2.39. The first-order chi connectivity index (χ1) is 29.3. The molecule has 0 N–H and O–H groups in total. The van der Waals surface area contributed by atoms with E-state index in [1.165, 1.54) is 97.1 Å². The summed E-state index contributed by atoms with van der Waals surface area (Å²) in [5.41, 5.74) is 8.98. The van der Waals surface area contributed by atoms with Crippen molar-refractivity contribution in [2.45, 2.75) is 118 Å². The van der Waals surface area contributed by atoms with E-state index in [0.717, 1.165) is 53.2 Å². The molecule has 0 atom stereocenters. The third-order valence-electron chi connectivity index (χ3n) is 11.6. The van der Waals surface area contributed by atoms with Crippen LogP contribution in [-0.2, 0) is 0 Å². The van der Waals surface area contributed by atoms with Crippen molar-refractivity contribution in [2.24, 2.45) is 9.98 Å². The third kappa shape index (κ3) is 18.0. The summed E-state index contributed by atoms with van der Waals surface area (Å²) in [6.07, 6.45) is 23.7. The zero-order valence-corrected chi connectivity index (χ0v) is 40.7. The maximum absolute atomic E-state index is 13.7. The lowest BCUT2D eigenvalue weighted by molar-refractivity contribution is 0.111. The second-order valence-electron chi connectivity index (χ2n) is 16.3. The van der Waals surface area contributed by atoms with Crippen LogP contribution in [0.1, 0.15) is 117 Å². The van der Waals surface area contributed by atoms with Gasteiger partial charge in [-0.25, -0.2) is 18.8 Å². The molecule has 4 aromatic carbocycles. The molecule has 0 unspecified atom stereocenters. The van der Waals surface area contributed by atoms with Crippen molar-refractivity contribution in [1.82, 2.24) is 14.7 Å². The highest BCUT2D eigenvalue weighted by Crippen LogP contribution is 2.29. The van der Waals surface area contributed by atoms with E-state index in [1.807, 2.05) is 63.7 Å². The van der Waals surface area contributed by atoms with Crippen LogP contribution < -0.4 is 0 Å². The quantitative estimate of drug-likeness (QED) is 0.0650. The summed E-state index contributed by atoms with van der Waals surface area (Å²) in [5.74, 6) is -0.422. The molecule has 0 aromatic heterocycles. The molecule has 2 aliphatic carbocycles. The van der Waals surface area contributed by atoms with E-state index in [2.05, 4.69) is 108 Å². The molecule has 0 radical (unpaired) electrons. The molecule has 330 valence electrons. The maximum Gasteiger partial charge on any atom is 0.130 e. The van der Waals surface area contributed by atoms with Gasteiger partial charge in [0.25, 0.3) is 0 Å². The second kappa shape index (κ2) is 27.7. The predicted molar refractivity (Wildman–Crippen MR) is 271 cm³/mol. The topological polar surface area (TPSA) is 34.4 Å². The Morgan fingerprint density at radius 2 is 1.02 bits per heavy atom. The molecule has 61 heavy (non-hydrogen) atoms. The van der Waals surface area contributed by atoms with Crippen LogP contribution in [0.15, 0.2) is 89.4 Å². The van der Waals surface area contributed by atoms with Crippen molar-refractivity contribution in [1.29, 1.82) is 0 Å². The number of hydrogen-bond acceptors (Lipinski definition) is 3. The number of hydrogen-bond donors (Lipinski definition) is 0. The SMILES string of the molecule is C=Cc1ccccc1F.CCN(C)C=Nc1cc(C)c(/C=C/c2ccccc2F)cc1C.CCN(C)C=Nc1cc(C)c(I)cc1C.CN(C1CCCCC1)C1CCCCC1. The second-order valence-corrected chi connectivity index (χ2v) is 17.5. The van der Waals surface area contributed by atoms with Crippen molar-refractivity contribution in [2.75, 3.05) is 34.2 Å². The Labute approximate surface area is 381 Å². The van der Waals surface area contributed by atoms with Gasteiger partial charge < -0.3 is 14.7 Å². The largest absolute Gasteiger partial charge is 0.366 e. The van der Waals surface area contributed by atoms with Gasteiger partial charge in [0.2, 0.25) is 0 Å². The smallest absolute Gasteiger partial charge is 0.130 e. The molecule has 0 spiro atoms. The first-order valence-electron chi connectivity index (χ1n) is 22.2. The highest BCUT2D eigenvalue weighted by Gasteiger charge is 2.25. The van der Waals surface area contributed by atoms with Crippen LogP contribution in [0, 0.1) is 42.9 Å². The molecule has 5 nitrogen and oxygen atoms in total. The number of benzene rings is 4. The maximum atomic E-state index is 13.7. The fourth-order valence-corrected chi connectivity index (χ4v) is 7.86. The molecular formula is C53H72F2IN5. The Hall–Kier alpha value is -4.15. The third-order valence-corrected chi connectivity index (χ3v) is 12.8. The summed E-state index contributed by atoms with van der Waals surface area (Å²) in [6, 6.07) is 23.6. The molecule has 0 aliphatic heterocycles. The molecular weight excluding hydrogens is 872 g/mol. The van der Waals surface area contributed by atoms with Crippen LogP contribution in [0.3, 0.4) is 0 Å². The molecule has 4 aromatic rings. The van der Waals surface area contributed by atoms with Gasteiger partial charge in [0.05, 0.1) is 24.1 Å². The highest BCUT2D eigenvalue weighted by molar-refractivity contribution is 14.1. The van der Waals surface area contributed by atoms with E-state index in [1.54, 1.807) is 30.3 Å². The van der Waals surface area contributed by atoms with Gasteiger partial charge in [0, 0.05) is 54.0 Å². The van der Waals surface area contributed by atoms with Crippen molar-refractivity contribution < 1.29 is 8.78 Å². The van der Waals surface area contributed by atoms with Gasteiger partial charge in [-0.1, -0.05) is 99.7 Å². The lowest BCUT2D eigenvalue weighted by atomic mass is 9.89. The Bertz CT molecular complexity index is 1990. The zero-order chi connectivity index (χ0) is 44.7. The van der Waals surface area contributed by atoms with Crippen LogP contribution >= 0.6 is 22.6 Å². The minimum absolute atomic E-state index is 0.207.